The van der Waals surface area contributed by atoms with E-state index in [1.54, 1.807) is 12.1 Å². The summed E-state index contributed by atoms with van der Waals surface area (Å²) < 4.78 is 10.1. The summed E-state index contributed by atoms with van der Waals surface area (Å²) in [4.78, 5) is 22.8. The minimum absolute atomic E-state index is 0.537. The van der Waals surface area contributed by atoms with Crippen LogP contribution in [0.5, 0.6) is 0 Å². The Kier molecular flexibility index (Phi) is 5.47. The van der Waals surface area contributed by atoms with E-state index in [1.165, 1.54) is 0 Å². The van der Waals surface area contributed by atoms with Gasteiger partial charge in [-0.3, -0.25) is 0 Å². The number of esters is 2. The average Bonchev–Trinajstić information content (AvgIpc) is 2.61. The van der Waals surface area contributed by atoms with Crippen molar-refractivity contribution < 1.29 is 19.1 Å². The monoisotopic (exact) mass is 308 g/mol. The lowest BCUT2D eigenvalue weighted by molar-refractivity contribution is -0.182. The Hall–Kier alpha value is -3.14. The molecule has 0 saturated carbocycles. The van der Waals surface area contributed by atoms with E-state index in [9.17, 15) is 9.59 Å². The first kappa shape index (κ1) is 16.2. The minimum Gasteiger partial charge on any atom is -0.417 e. The van der Waals surface area contributed by atoms with Crippen LogP contribution in [-0.2, 0) is 19.1 Å². The molecule has 0 amide bonds. The Morgan fingerprint density at radius 1 is 0.783 bits per heavy atom. The van der Waals surface area contributed by atoms with Crippen LogP contribution >= 0.6 is 0 Å². The summed E-state index contributed by atoms with van der Waals surface area (Å²) in [5, 5.41) is 0. The molecule has 0 unspecified atom stereocenters. The number of ether oxygens (including phenoxy) is 2. The van der Waals surface area contributed by atoms with Gasteiger partial charge in [-0.1, -0.05) is 67.8 Å². The van der Waals surface area contributed by atoms with Crippen molar-refractivity contribution in [2.75, 3.05) is 0 Å². The van der Waals surface area contributed by atoms with E-state index < -0.39 is 18.2 Å². The fourth-order valence-corrected chi connectivity index (χ4v) is 1.93. The highest BCUT2D eigenvalue weighted by Gasteiger charge is 2.19. The zero-order valence-electron chi connectivity index (χ0n) is 12.5. The number of rotatable bonds is 6. The van der Waals surface area contributed by atoms with Crippen molar-refractivity contribution in [3.8, 4) is 11.1 Å². The van der Waals surface area contributed by atoms with Crippen LogP contribution in [0.3, 0.4) is 0 Å². The summed E-state index contributed by atoms with van der Waals surface area (Å²) in [6, 6.07) is 17.0. The maximum Gasteiger partial charge on any atom is 0.333 e. The van der Waals surface area contributed by atoms with Gasteiger partial charge in [-0.25, -0.2) is 9.59 Å². The lowest BCUT2D eigenvalue weighted by Crippen LogP contribution is -2.15. The Labute approximate surface area is 134 Å². The van der Waals surface area contributed by atoms with Crippen LogP contribution in [0, 0.1) is 0 Å². The molecule has 4 nitrogen and oxygen atoms in total. The summed E-state index contributed by atoms with van der Waals surface area (Å²) in [6.07, 6.45) is 0.871. The van der Waals surface area contributed by atoms with Gasteiger partial charge in [0.2, 0.25) is 0 Å². The number of hydrogen-bond acceptors (Lipinski definition) is 4. The molecule has 116 valence electrons. The van der Waals surface area contributed by atoms with E-state index in [0.29, 0.717) is 5.56 Å². The Bertz CT molecular complexity index is 680. The van der Waals surface area contributed by atoms with Crippen LogP contribution in [0.1, 0.15) is 11.9 Å². The Morgan fingerprint density at radius 3 is 1.74 bits per heavy atom. The van der Waals surface area contributed by atoms with Crippen molar-refractivity contribution in [2.45, 2.75) is 6.29 Å². The van der Waals surface area contributed by atoms with Gasteiger partial charge in [0.05, 0.1) is 0 Å². The highest BCUT2D eigenvalue weighted by atomic mass is 16.7. The van der Waals surface area contributed by atoms with Crippen molar-refractivity contribution in [2.24, 2.45) is 0 Å². The van der Waals surface area contributed by atoms with Gasteiger partial charge in [0.15, 0.2) is 0 Å². The van der Waals surface area contributed by atoms with E-state index in [0.717, 1.165) is 23.3 Å². The second-order valence-electron chi connectivity index (χ2n) is 4.60. The Morgan fingerprint density at radius 2 is 1.26 bits per heavy atom. The van der Waals surface area contributed by atoms with Gasteiger partial charge in [-0.2, -0.15) is 0 Å². The molecule has 0 fully saturated rings. The highest BCUT2D eigenvalue weighted by molar-refractivity contribution is 5.83. The van der Waals surface area contributed by atoms with Gasteiger partial charge in [-0.15, -0.1) is 0 Å². The molecule has 0 spiro atoms. The molecular formula is C19H16O4. The van der Waals surface area contributed by atoms with E-state index in [1.807, 2.05) is 42.5 Å². The van der Waals surface area contributed by atoms with Crippen LogP contribution in [0.15, 0.2) is 79.9 Å². The number of carbonyl (C=O) groups is 2. The maximum absolute atomic E-state index is 11.4. The molecule has 23 heavy (non-hydrogen) atoms. The fraction of sp³-hybridized carbons (Fsp3) is 0.0526. The third-order valence-electron chi connectivity index (χ3n) is 3.07. The highest BCUT2D eigenvalue weighted by Crippen LogP contribution is 2.24. The molecule has 2 aromatic rings. The van der Waals surface area contributed by atoms with Crippen molar-refractivity contribution in [1.29, 1.82) is 0 Å². The smallest absolute Gasteiger partial charge is 0.333 e. The molecule has 2 aromatic carbocycles. The van der Waals surface area contributed by atoms with E-state index in [4.69, 9.17) is 9.47 Å². The van der Waals surface area contributed by atoms with Crippen LogP contribution in [-0.4, -0.2) is 11.9 Å². The molecule has 0 atom stereocenters. The van der Waals surface area contributed by atoms with E-state index in [-0.39, 0.29) is 0 Å². The third-order valence-corrected chi connectivity index (χ3v) is 3.07. The molecule has 0 radical (unpaired) electrons. The predicted molar refractivity (Wildman–Crippen MR) is 87.2 cm³/mol. The first-order valence-corrected chi connectivity index (χ1v) is 6.95. The maximum atomic E-state index is 11.4. The fourth-order valence-electron chi connectivity index (χ4n) is 1.93. The van der Waals surface area contributed by atoms with Crippen molar-refractivity contribution in [3.63, 3.8) is 0 Å². The number of carbonyl (C=O) groups excluding carboxylic acids is 2. The van der Waals surface area contributed by atoms with Crippen LogP contribution < -0.4 is 0 Å². The van der Waals surface area contributed by atoms with Gasteiger partial charge in [-0.05, 0) is 11.1 Å². The molecule has 0 bridgehead atoms. The molecule has 0 aliphatic rings. The molecule has 0 aromatic heterocycles. The molecule has 0 heterocycles. The number of hydrogen-bond donors (Lipinski definition) is 0. The van der Waals surface area contributed by atoms with Gasteiger partial charge in [0, 0.05) is 17.7 Å². The summed E-state index contributed by atoms with van der Waals surface area (Å²) in [5.74, 6) is -1.36. The van der Waals surface area contributed by atoms with Gasteiger partial charge in [0.25, 0.3) is 6.29 Å². The normalized spacial score (nSPS) is 9.96. The third kappa shape index (κ3) is 4.41. The molecular weight excluding hydrogens is 292 g/mol. The first-order chi connectivity index (χ1) is 11.1. The standard InChI is InChI=1S/C19H16O4/c1-3-17(20)22-19(23-18(21)4-2)16-12-10-15(11-13-16)14-8-6-5-7-9-14/h3-13,19H,1-2H2. The molecule has 0 saturated heterocycles. The van der Waals surface area contributed by atoms with Crippen molar-refractivity contribution >= 4 is 11.9 Å². The molecule has 2 rings (SSSR count). The zero-order chi connectivity index (χ0) is 16.7. The summed E-state index contributed by atoms with van der Waals surface area (Å²) >= 11 is 0. The number of benzene rings is 2. The van der Waals surface area contributed by atoms with Gasteiger partial charge in [0.1, 0.15) is 0 Å². The van der Waals surface area contributed by atoms with Crippen molar-refractivity contribution in [3.05, 3.63) is 85.5 Å². The van der Waals surface area contributed by atoms with Crippen molar-refractivity contribution in [1.82, 2.24) is 0 Å². The lowest BCUT2D eigenvalue weighted by Gasteiger charge is -2.17. The average molecular weight is 308 g/mol. The Balaban J connectivity index is 2.24. The van der Waals surface area contributed by atoms with Gasteiger partial charge < -0.3 is 9.47 Å². The van der Waals surface area contributed by atoms with Crippen LogP contribution in [0.4, 0.5) is 0 Å². The van der Waals surface area contributed by atoms with Gasteiger partial charge >= 0.3 is 11.9 Å². The molecule has 0 N–H and O–H groups in total. The summed E-state index contributed by atoms with van der Waals surface area (Å²) in [5.41, 5.74) is 2.59. The second kappa shape index (κ2) is 7.75. The topological polar surface area (TPSA) is 52.6 Å². The summed E-state index contributed by atoms with van der Waals surface area (Å²) in [7, 11) is 0. The quantitative estimate of drug-likeness (QED) is 0.462. The minimum atomic E-state index is -1.14. The predicted octanol–water partition coefficient (Wildman–Crippen LogP) is 3.81. The molecule has 4 heteroatoms. The second-order valence-corrected chi connectivity index (χ2v) is 4.60. The van der Waals surface area contributed by atoms with E-state index in [2.05, 4.69) is 13.2 Å². The molecule has 0 aliphatic carbocycles. The molecule has 0 aliphatic heterocycles. The summed E-state index contributed by atoms with van der Waals surface area (Å²) in [6.45, 7) is 6.65. The van der Waals surface area contributed by atoms with Crippen LogP contribution in [0.25, 0.3) is 11.1 Å². The lowest BCUT2D eigenvalue weighted by atomic mass is 10.0. The first-order valence-electron chi connectivity index (χ1n) is 6.95. The van der Waals surface area contributed by atoms with E-state index >= 15 is 0 Å². The largest absolute Gasteiger partial charge is 0.417 e. The van der Waals surface area contributed by atoms with Crippen LogP contribution in [0.2, 0.25) is 0 Å². The SMILES string of the molecule is C=CC(=O)OC(OC(=O)C=C)c1ccc(-c2ccccc2)cc1. The zero-order valence-corrected chi connectivity index (χ0v) is 12.5.